The van der Waals surface area contributed by atoms with E-state index in [-0.39, 0.29) is 18.0 Å². The lowest BCUT2D eigenvalue weighted by molar-refractivity contribution is 0.251. The standard InChI is InChI=1S/C20H21FN4O2S/c1-20(2,14-5-7-15(27-3)8-6-14)16-12-28-19(24-16)25-18(26)23-11-13-4-9-17(21)22-10-13/h4-10,12H,11H2,1-3H3,(H2,23,24,25,26). The summed E-state index contributed by atoms with van der Waals surface area (Å²) in [4.78, 5) is 20.2. The minimum atomic E-state index is -0.553. The van der Waals surface area contributed by atoms with Gasteiger partial charge < -0.3 is 10.1 Å². The van der Waals surface area contributed by atoms with Crippen molar-refractivity contribution < 1.29 is 13.9 Å². The molecule has 0 aliphatic heterocycles. The van der Waals surface area contributed by atoms with Gasteiger partial charge in [0.2, 0.25) is 5.95 Å². The number of thiazole rings is 1. The van der Waals surface area contributed by atoms with E-state index in [9.17, 15) is 9.18 Å². The number of rotatable bonds is 6. The van der Waals surface area contributed by atoms with Crippen LogP contribution in [0.3, 0.4) is 0 Å². The number of anilines is 1. The summed E-state index contributed by atoms with van der Waals surface area (Å²) in [6.45, 7) is 4.40. The lowest BCUT2D eigenvalue weighted by atomic mass is 9.82. The summed E-state index contributed by atoms with van der Waals surface area (Å²) in [5, 5.41) is 7.87. The van der Waals surface area contributed by atoms with Gasteiger partial charge in [-0.25, -0.2) is 14.8 Å². The molecular weight excluding hydrogens is 379 g/mol. The minimum absolute atomic E-state index is 0.245. The zero-order valence-corrected chi connectivity index (χ0v) is 16.6. The molecule has 0 bridgehead atoms. The lowest BCUT2D eigenvalue weighted by Gasteiger charge is -2.23. The van der Waals surface area contributed by atoms with Gasteiger partial charge in [0.1, 0.15) is 5.75 Å². The molecule has 146 valence electrons. The molecule has 0 unspecified atom stereocenters. The summed E-state index contributed by atoms with van der Waals surface area (Å²) in [5.41, 5.74) is 2.34. The molecule has 0 aliphatic rings. The van der Waals surface area contributed by atoms with Crippen LogP contribution in [-0.2, 0) is 12.0 Å². The van der Waals surface area contributed by atoms with E-state index in [0.29, 0.717) is 10.7 Å². The molecule has 2 N–H and O–H groups in total. The normalized spacial score (nSPS) is 11.1. The molecule has 8 heteroatoms. The monoisotopic (exact) mass is 400 g/mol. The number of aromatic nitrogens is 2. The van der Waals surface area contributed by atoms with Crippen molar-refractivity contribution in [1.29, 1.82) is 0 Å². The van der Waals surface area contributed by atoms with Crippen LogP contribution in [-0.4, -0.2) is 23.1 Å². The van der Waals surface area contributed by atoms with Crippen LogP contribution in [0.25, 0.3) is 0 Å². The first kappa shape index (κ1) is 19.8. The van der Waals surface area contributed by atoms with Crippen LogP contribution in [0.4, 0.5) is 14.3 Å². The molecule has 0 spiro atoms. The Labute approximate surface area is 166 Å². The summed E-state index contributed by atoms with van der Waals surface area (Å²) >= 11 is 1.36. The van der Waals surface area contributed by atoms with Gasteiger partial charge in [-0.3, -0.25) is 5.32 Å². The summed E-state index contributed by atoms with van der Waals surface area (Å²) < 4.78 is 18.0. The Balaban J connectivity index is 1.62. The molecule has 28 heavy (non-hydrogen) atoms. The van der Waals surface area contributed by atoms with Gasteiger partial charge in [0, 0.05) is 23.5 Å². The maximum atomic E-state index is 12.8. The zero-order chi connectivity index (χ0) is 20.1. The fraction of sp³-hybridized carbons (Fsp3) is 0.250. The van der Waals surface area contributed by atoms with E-state index < -0.39 is 5.95 Å². The van der Waals surface area contributed by atoms with Gasteiger partial charge in [-0.15, -0.1) is 11.3 Å². The number of ether oxygens (including phenoxy) is 1. The van der Waals surface area contributed by atoms with Crippen LogP contribution in [0.15, 0.2) is 48.0 Å². The highest BCUT2D eigenvalue weighted by molar-refractivity contribution is 7.13. The van der Waals surface area contributed by atoms with Crippen molar-refractivity contribution >= 4 is 22.5 Å². The third-order valence-corrected chi connectivity index (χ3v) is 5.18. The van der Waals surface area contributed by atoms with E-state index in [1.807, 2.05) is 29.6 Å². The predicted octanol–water partition coefficient (Wildman–Crippen LogP) is 4.33. The Morgan fingerprint density at radius 1 is 1.21 bits per heavy atom. The summed E-state index contributed by atoms with van der Waals surface area (Å²) in [6, 6.07) is 10.3. The number of amides is 2. The third-order valence-electron chi connectivity index (χ3n) is 4.42. The van der Waals surface area contributed by atoms with Gasteiger partial charge in [0.05, 0.1) is 12.8 Å². The molecule has 0 saturated carbocycles. The molecule has 0 fully saturated rings. The Kier molecular flexibility index (Phi) is 5.89. The van der Waals surface area contributed by atoms with Crippen LogP contribution in [0.1, 0.15) is 30.7 Å². The average molecular weight is 400 g/mol. The smallest absolute Gasteiger partial charge is 0.321 e. The molecule has 1 aromatic carbocycles. The predicted molar refractivity (Wildman–Crippen MR) is 107 cm³/mol. The summed E-state index contributed by atoms with van der Waals surface area (Å²) in [5.74, 6) is 0.246. The van der Waals surface area contributed by atoms with Gasteiger partial charge >= 0.3 is 6.03 Å². The quantitative estimate of drug-likeness (QED) is 0.604. The molecule has 0 atom stereocenters. The van der Waals surface area contributed by atoms with E-state index in [4.69, 9.17) is 4.74 Å². The number of carbonyl (C=O) groups excluding carboxylic acids is 1. The molecule has 3 rings (SSSR count). The fourth-order valence-electron chi connectivity index (χ4n) is 2.61. The summed E-state index contributed by atoms with van der Waals surface area (Å²) in [6.07, 6.45) is 1.38. The van der Waals surface area contributed by atoms with E-state index in [1.165, 1.54) is 23.6 Å². The van der Waals surface area contributed by atoms with Gasteiger partial charge in [0.15, 0.2) is 5.13 Å². The summed E-state index contributed by atoms with van der Waals surface area (Å²) in [7, 11) is 1.64. The molecule has 6 nitrogen and oxygen atoms in total. The number of urea groups is 1. The topological polar surface area (TPSA) is 76.1 Å². The van der Waals surface area contributed by atoms with Gasteiger partial charge in [-0.2, -0.15) is 4.39 Å². The van der Waals surface area contributed by atoms with Crippen molar-refractivity contribution in [2.45, 2.75) is 25.8 Å². The SMILES string of the molecule is COc1ccc(C(C)(C)c2csc(NC(=O)NCc3ccc(F)nc3)n2)cc1. The number of halogens is 1. The van der Waals surface area contributed by atoms with Crippen molar-refractivity contribution in [3.05, 3.63) is 70.7 Å². The Morgan fingerprint density at radius 3 is 2.61 bits per heavy atom. The second-order valence-corrected chi connectivity index (χ2v) is 7.55. The molecular formula is C20H21FN4O2S. The van der Waals surface area contributed by atoms with Crippen LogP contribution in [0, 0.1) is 5.95 Å². The van der Waals surface area contributed by atoms with Crippen molar-refractivity contribution in [1.82, 2.24) is 15.3 Å². The highest BCUT2D eigenvalue weighted by Gasteiger charge is 2.26. The highest BCUT2D eigenvalue weighted by Crippen LogP contribution is 2.34. The largest absolute Gasteiger partial charge is 0.497 e. The molecule has 2 amide bonds. The maximum absolute atomic E-state index is 12.8. The molecule has 0 saturated heterocycles. The third kappa shape index (κ3) is 4.64. The lowest BCUT2D eigenvalue weighted by Crippen LogP contribution is -2.28. The number of nitrogens with zero attached hydrogens (tertiary/aromatic N) is 2. The first-order valence-electron chi connectivity index (χ1n) is 8.64. The van der Waals surface area contributed by atoms with E-state index in [1.54, 1.807) is 13.2 Å². The van der Waals surface area contributed by atoms with Crippen LogP contribution < -0.4 is 15.4 Å². The molecule has 3 aromatic rings. The molecule has 2 heterocycles. The number of pyridine rings is 1. The number of nitrogens with one attached hydrogen (secondary N) is 2. The van der Waals surface area contributed by atoms with Gasteiger partial charge in [0.25, 0.3) is 0 Å². The second kappa shape index (κ2) is 8.35. The van der Waals surface area contributed by atoms with E-state index >= 15 is 0 Å². The fourth-order valence-corrected chi connectivity index (χ4v) is 3.48. The average Bonchev–Trinajstić information content (AvgIpc) is 3.17. The Bertz CT molecular complexity index is 940. The molecule has 0 aliphatic carbocycles. The van der Waals surface area contributed by atoms with Crippen molar-refractivity contribution in [3.63, 3.8) is 0 Å². The number of hydrogen-bond donors (Lipinski definition) is 2. The zero-order valence-electron chi connectivity index (χ0n) is 15.8. The van der Waals surface area contributed by atoms with Gasteiger partial charge in [-0.05, 0) is 29.3 Å². The van der Waals surface area contributed by atoms with Crippen LogP contribution in [0.2, 0.25) is 0 Å². The van der Waals surface area contributed by atoms with Crippen LogP contribution >= 0.6 is 11.3 Å². The van der Waals surface area contributed by atoms with E-state index in [0.717, 1.165) is 17.0 Å². The Morgan fingerprint density at radius 2 is 1.96 bits per heavy atom. The first-order chi connectivity index (χ1) is 13.4. The molecule has 2 aromatic heterocycles. The number of methoxy groups -OCH3 is 1. The van der Waals surface area contributed by atoms with Crippen molar-refractivity contribution in [2.24, 2.45) is 0 Å². The minimum Gasteiger partial charge on any atom is -0.497 e. The second-order valence-electron chi connectivity index (χ2n) is 6.69. The molecule has 0 radical (unpaired) electrons. The van der Waals surface area contributed by atoms with E-state index in [2.05, 4.69) is 34.4 Å². The van der Waals surface area contributed by atoms with Crippen LogP contribution in [0.5, 0.6) is 5.75 Å². The number of carbonyl (C=O) groups is 1. The number of hydrogen-bond acceptors (Lipinski definition) is 5. The first-order valence-corrected chi connectivity index (χ1v) is 9.52. The van der Waals surface area contributed by atoms with Gasteiger partial charge in [-0.1, -0.05) is 32.0 Å². The highest BCUT2D eigenvalue weighted by atomic mass is 32.1. The Hall–Kier alpha value is -3.00. The maximum Gasteiger partial charge on any atom is 0.321 e. The van der Waals surface area contributed by atoms with Crippen molar-refractivity contribution in [3.8, 4) is 5.75 Å². The number of benzene rings is 1. The van der Waals surface area contributed by atoms with Crippen molar-refractivity contribution in [2.75, 3.05) is 12.4 Å².